The van der Waals surface area contributed by atoms with E-state index in [1.54, 1.807) is 19.5 Å². The number of aryl methyl sites for hydroxylation is 1. The van der Waals surface area contributed by atoms with Crippen LogP contribution < -0.4 is 4.74 Å². The van der Waals surface area contributed by atoms with E-state index in [1.165, 1.54) is 0 Å². The van der Waals surface area contributed by atoms with Crippen LogP contribution in [0.15, 0.2) is 55.0 Å². The van der Waals surface area contributed by atoms with Gasteiger partial charge in [0.1, 0.15) is 11.6 Å². The molecule has 4 rings (SSSR count). The van der Waals surface area contributed by atoms with Gasteiger partial charge in [-0.1, -0.05) is 19.1 Å². The first-order valence-electron chi connectivity index (χ1n) is 10.9. The number of hydrogen-bond donors (Lipinski definition) is 0. The van der Waals surface area contributed by atoms with E-state index in [0.29, 0.717) is 17.9 Å². The monoisotopic (exact) mass is 416 g/mol. The maximum Gasteiger partial charge on any atom is 0.258 e. The molecule has 6 nitrogen and oxygen atoms in total. The maximum atomic E-state index is 13.6. The number of nitrogens with zero attached hydrogens (tertiary/aromatic N) is 4. The number of pyridine rings is 1. The molecule has 0 unspecified atom stereocenters. The van der Waals surface area contributed by atoms with Gasteiger partial charge in [-0.25, -0.2) is 9.97 Å². The van der Waals surface area contributed by atoms with Crippen LogP contribution in [0, 0.1) is 0 Å². The molecule has 1 aliphatic heterocycles. The van der Waals surface area contributed by atoms with Gasteiger partial charge in [-0.2, -0.15) is 0 Å². The predicted octanol–water partition coefficient (Wildman–Crippen LogP) is 4.87. The molecule has 0 saturated carbocycles. The molecule has 1 amide bonds. The largest absolute Gasteiger partial charge is 0.496 e. The second kappa shape index (κ2) is 9.69. The van der Waals surface area contributed by atoms with Gasteiger partial charge < -0.3 is 9.64 Å². The van der Waals surface area contributed by atoms with Crippen molar-refractivity contribution in [3.63, 3.8) is 0 Å². The quantitative estimate of drug-likeness (QED) is 0.574. The Kier molecular flexibility index (Phi) is 6.55. The number of carbonyl (C=O) groups excluding carboxylic acids is 1. The first-order chi connectivity index (χ1) is 15.2. The fourth-order valence-corrected chi connectivity index (χ4v) is 4.22. The summed E-state index contributed by atoms with van der Waals surface area (Å²) in [6.07, 6.45) is 10.2. The van der Waals surface area contributed by atoms with E-state index in [4.69, 9.17) is 9.72 Å². The second-order valence-corrected chi connectivity index (χ2v) is 7.78. The smallest absolute Gasteiger partial charge is 0.258 e. The zero-order valence-electron chi connectivity index (χ0n) is 18.1. The molecule has 160 valence electrons. The standard InChI is InChI=1S/C25H28N4O2/c1-3-8-23-27-17-20(18-12-14-26-15-13-18)24(28-23)21-10-6-7-16-29(21)25(30)19-9-4-5-11-22(19)31-2/h4-5,9,11-15,17,21H,3,6-8,10,16H2,1-2H3/t21-/m1/s1. The Labute approximate surface area is 183 Å². The van der Waals surface area contributed by atoms with E-state index in [-0.39, 0.29) is 11.9 Å². The van der Waals surface area contributed by atoms with Gasteiger partial charge in [-0.15, -0.1) is 0 Å². The first-order valence-corrected chi connectivity index (χ1v) is 10.9. The number of benzene rings is 1. The Morgan fingerprint density at radius 2 is 1.97 bits per heavy atom. The molecule has 0 N–H and O–H groups in total. The lowest BCUT2D eigenvalue weighted by molar-refractivity contribution is 0.0603. The highest BCUT2D eigenvalue weighted by Gasteiger charge is 2.33. The van der Waals surface area contributed by atoms with Crippen LogP contribution in [0.2, 0.25) is 0 Å². The number of rotatable bonds is 6. The van der Waals surface area contributed by atoms with Crippen molar-refractivity contribution in [1.29, 1.82) is 0 Å². The molecule has 6 heteroatoms. The molecule has 0 spiro atoms. The lowest BCUT2D eigenvalue weighted by Gasteiger charge is -2.36. The molecule has 3 aromatic rings. The Balaban J connectivity index is 1.78. The average molecular weight is 417 g/mol. The van der Waals surface area contributed by atoms with Crippen LogP contribution >= 0.6 is 0 Å². The number of ether oxygens (including phenoxy) is 1. The van der Waals surface area contributed by atoms with Crippen LogP contribution in [-0.2, 0) is 6.42 Å². The zero-order valence-corrected chi connectivity index (χ0v) is 18.1. The van der Waals surface area contributed by atoms with Gasteiger partial charge in [-0.3, -0.25) is 9.78 Å². The highest BCUT2D eigenvalue weighted by atomic mass is 16.5. The lowest BCUT2D eigenvalue weighted by Crippen LogP contribution is -2.39. The highest BCUT2D eigenvalue weighted by molar-refractivity contribution is 5.97. The minimum atomic E-state index is -0.104. The average Bonchev–Trinajstić information content (AvgIpc) is 2.84. The number of aromatic nitrogens is 3. The Bertz CT molecular complexity index is 1040. The minimum Gasteiger partial charge on any atom is -0.496 e. The summed E-state index contributed by atoms with van der Waals surface area (Å²) in [6.45, 7) is 2.82. The van der Waals surface area contributed by atoms with E-state index in [2.05, 4.69) is 16.9 Å². The van der Waals surface area contributed by atoms with Crippen LogP contribution in [0.25, 0.3) is 11.1 Å². The second-order valence-electron chi connectivity index (χ2n) is 7.78. The summed E-state index contributed by atoms with van der Waals surface area (Å²) in [4.78, 5) is 29.3. The molecule has 1 aromatic carbocycles. The Morgan fingerprint density at radius 1 is 1.16 bits per heavy atom. The molecule has 3 heterocycles. The summed E-state index contributed by atoms with van der Waals surface area (Å²) in [5.74, 6) is 1.41. The van der Waals surface area contributed by atoms with Gasteiger partial charge in [0, 0.05) is 37.1 Å². The van der Waals surface area contributed by atoms with Gasteiger partial charge in [0.05, 0.1) is 24.4 Å². The third-order valence-electron chi connectivity index (χ3n) is 5.75. The minimum absolute atomic E-state index is 0.0153. The molecular formula is C25H28N4O2. The van der Waals surface area contributed by atoms with Crippen molar-refractivity contribution in [3.8, 4) is 16.9 Å². The molecule has 31 heavy (non-hydrogen) atoms. The SMILES string of the molecule is CCCc1ncc(-c2ccncc2)c([C@H]2CCCCN2C(=O)c2ccccc2OC)n1. The number of piperidine rings is 1. The summed E-state index contributed by atoms with van der Waals surface area (Å²) in [6, 6.07) is 11.3. The number of hydrogen-bond acceptors (Lipinski definition) is 5. The molecule has 0 bridgehead atoms. The van der Waals surface area contributed by atoms with Gasteiger partial charge in [-0.05, 0) is 55.5 Å². The summed E-state index contributed by atoms with van der Waals surface area (Å²) in [7, 11) is 1.60. The zero-order chi connectivity index (χ0) is 21.6. The first kappa shape index (κ1) is 21.0. The van der Waals surface area contributed by atoms with E-state index in [0.717, 1.165) is 54.7 Å². The molecule has 1 fully saturated rings. The molecular weight excluding hydrogens is 388 g/mol. The molecule has 2 aromatic heterocycles. The number of carbonyl (C=O) groups is 1. The molecule has 1 saturated heterocycles. The molecule has 1 aliphatic rings. The highest BCUT2D eigenvalue weighted by Crippen LogP contribution is 2.37. The summed E-state index contributed by atoms with van der Waals surface area (Å²) in [5, 5.41) is 0. The molecule has 1 atom stereocenters. The number of amides is 1. The fourth-order valence-electron chi connectivity index (χ4n) is 4.22. The number of likely N-dealkylation sites (tertiary alicyclic amines) is 1. The van der Waals surface area contributed by atoms with E-state index in [1.807, 2.05) is 47.5 Å². The Morgan fingerprint density at radius 3 is 2.74 bits per heavy atom. The van der Waals surface area contributed by atoms with Crippen molar-refractivity contribution >= 4 is 5.91 Å². The van der Waals surface area contributed by atoms with E-state index >= 15 is 0 Å². The van der Waals surface area contributed by atoms with Crippen LogP contribution in [0.3, 0.4) is 0 Å². The fraction of sp³-hybridized carbons (Fsp3) is 0.360. The third kappa shape index (κ3) is 4.43. The van der Waals surface area contributed by atoms with Crippen LogP contribution in [-0.4, -0.2) is 39.4 Å². The van der Waals surface area contributed by atoms with Crippen LogP contribution in [0.4, 0.5) is 0 Å². The van der Waals surface area contributed by atoms with Crippen molar-refractivity contribution in [2.45, 2.75) is 45.1 Å². The Hall–Kier alpha value is -3.28. The van der Waals surface area contributed by atoms with Crippen molar-refractivity contribution in [3.05, 3.63) is 72.1 Å². The molecule has 0 aliphatic carbocycles. The summed E-state index contributed by atoms with van der Waals surface area (Å²) >= 11 is 0. The normalized spacial score (nSPS) is 16.2. The van der Waals surface area contributed by atoms with E-state index < -0.39 is 0 Å². The van der Waals surface area contributed by atoms with Gasteiger partial charge in [0.15, 0.2) is 0 Å². The summed E-state index contributed by atoms with van der Waals surface area (Å²) in [5.41, 5.74) is 3.49. The van der Waals surface area contributed by atoms with Crippen molar-refractivity contribution in [2.24, 2.45) is 0 Å². The lowest BCUT2D eigenvalue weighted by atomic mass is 9.93. The van der Waals surface area contributed by atoms with Crippen molar-refractivity contribution < 1.29 is 9.53 Å². The van der Waals surface area contributed by atoms with Gasteiger partial charge in [0.2, 0.25) is 0 Å². The van der Waals surface area contributed by atoms with E-state index in [9.17, 15) is 4.79 Å². The van der Waals surface area contributed by atoms with Gasteiger partial charge >= 0.3 is 0 Å². The number of para-hydroxylation sites is 1. The third-order valence-corrected chi connectivity index (χ3v) is 5.75. The molecule has 0 radical (unpaired) electrons. The van der Waals surface area contributed by atoms with Crippen molar-refractivity contribution in [1.82, 2.24) is 19.9 Å². The predicted molar refractivity (Wildman–Crippen MR) is 120 cm³/mol. The summed E-state index contributed by atoms with van der Waals surface area (Å²) < 4.78 is 5.46. The topological polar surface area (TPSA) is 68.2 Å². The number of methoxy groups -OCH3 is 1. The van der Waals surface area contributed by atoms with Crippen LogP contribution in [0.1, 0.15) is 60.5 Å². The van der Waals surface area contributed by atoms with Gasteiger partial charge in [0.25, 0.3) is 5.91 Å². The maximum absolute atomic E-state index is 13.6. The van der Waals surface area contributed by atoms with Crippen LogP contribution in [0.5, 0.6) is 5.75 Å². The van der Waals surface area contributed by atoms with Crippen molar-refractivity contribution in [2.75, 3.05) is 13.7 Å².